The van der Waals surface area contributed by atoms with Crippen LogP contribution in [0.4, 0.5) is 17.1 Å². The van der Waals surface area contributed by atoms with Gasteiger partial charge >= 0.3 is 0 Å². The van der Waals surface area contributed by atoms with Crippen molar-refractivity contribution in [3.63, 3.8) is 0 Å². The molecule has 7 aromatic carbocycles. The van der Waals surface area contributed by atoms with Gasteiger partial charge in [0, 0.05) is 51.6 Å². The molecule has 0 aliphatic carbocycles. The predicted octanol–water partition coefficient (Wildman–Crippen LogP) is 12.1. The van der Waals surface area contributed by atoms with E-state index in [1.54, 1.807) is 0 Å². The Bertz CT molecular complexity index is 2510. The van der Waals surface area contributed by atoms with E-state index in [1.165, 1.54) is 33.0 Å². The van der Waals surface area contributed by atoms with Crippen molar-refractivity contribution in [3.05, 3.63) is 170 Å². The fourth-order valence-electron chi connectivity index (χ4n) is 6.52. The molecule has 0 aliphatic rings. The van der Waals surface area contributed by atoms with Gasteiger partial charge in [-0.3, -0.25) is 4.98 Å². The van der Waals surface area contributed by atoms with Crippen molar-refractivity contribution in [2.24, 2.45) is 0 Å². The molecule has 9 rings (SSSR count). The van der Waals surface area contributed by atoms with Crippen LogP contribution in [0.3, 0.4) is 0 Å². The lowest BCUT2D eigenvalue weighted by Crippen LogP contribution is -2.09. The molecular weight excluding hydrogens is 560 g/mol. The number of rotatable bonds is 5. The Balaban J connectivity index is 1.15. The van der Waals surface area contributed by atoms with Crippen molar-refractivity contribution in [2.75, 3.05) is 4.90 Å². The second kappa shape index (κ2) is 10.8. The Kier molecular flexibility index (Phi) is 6.14. The summed E-state index contributed by atoms with van der Waals surface area (Å²) in [5, 5.41) is 5.79. The average Bonchev–Trinajstić information content (AvgIpc) is 3.48. The van der Waals surface area contributed by atoms with Gasteiger partial charge in [0.2, 0.25) is 0 Å². The summed E-state index contributed by atoms with van der Waals surface area (Å²) in [6, 6.07) is 58.1. The van der Waals surface area contributed by atoms with E-state index in [9.17, 15) is 0 Å². The van der Waals surface area contributed by atoms with E-state index in [4.69, 9.17) is 4.42 Å². The second-order valence-corrected chi connectivity index (χ2v) is 11.7. The first-order valence-electron chi connectivity index (χ1n) is 15.5. The van der Waals surface area contributed by atoms with E-state index in [1.807, 2.05) is 18.3 Å². The molecule has 2 aromatic heterocycles. The molecule has 46 heavy (non-hydrogen) atoms. The van der Waals surface area contributed by atoms with Crippen molar-refractivity contribution < 1.29 is 4.42 Å². The third kappa shape index (κ3) is 4.58. The standard InChI is InChI=1S/C43H28N2O/c1-2-7-29(8-3-1)31-14-18-36(19-15-31)45(37-20-16-32(17-21-37)34-13-12-30-9-4-5-10-33(30)25-34)38-22-23-39-40-26-35-11-6-24-44-41(35)28-43(40)46-42(39)27-38/h1-28H. The second-order valence-electron chi connectivity index (χ2n) is 11.7. The van der Waals surface area contributed by atoms with Crippen molar-refractivity contribution in [3.8, 4) is 22.3 Å². The summed E-state index contributed by atoms with van der Waals surface area (Å²) in [6.07, 6.45) is 1.82. The number of pyridine rings is 1. The SMILES string of the molecule is c1ccc(-c2ccc(N(c3ccc(-c4ccc5ccccc5c4)cc3)c3ccc4c(c3)oc3cc5ncccc5cc34)cc2)cc1. The molecule has 3 nitrogen and oxygen atoms in total. The quantitative estimate of drug-likeness (QED) is 0.200. The summed E-state index contributed by atoms with van der Waals surface area (Å²) >= 11 is 0. The van der Waals surface area contributed by atoms with Crippen molar-refractivity contribution in [1.82, 2.24) is 4.98 Å². The van der Waals surface area contributed by atoms with Gasteiger partial charge in [-0.2, -0.15) is 0 Å². The maximum atomic E-state index is 6.45. The van der Waals surface area contributed by atoms with Crippen LogP contribution in [0.2, 0.25) is 0 Å². The van der Waals surface area contributed by atoms with Crippen LogP contribution in [0.25, 0.3) is 65.9 Å². The van der Waals surface area contributed by atoms with E-state index in [2.05, 4.69) is 162 Å². The van der Waals surface area contributed by atoms with Gasteiger partial charge in [0.1, 0.15) is 11.2 Å². The minimum Gasteiger partial charge on any atom is -0.456 e. The third-order valence-electron chi connectivity index (χ3n) is 8.88. The lowest BCUT2D eigenvalue weighted by Gasteiger charge is -2.26. The van der Waals surface area contributed by atoms with E-state index in [0.29, 0.717) is 0 Å². The van der Waals surface area contributed by atoms with Crippen molar-refractivity contribution in [1.29, 1.82) is 0 Å². The first-order chi connectivity index (χ1) is 22.8. The molecule has 9 aromatic rings. The molecule has 0 atom stereocenters. The molecule has 0 aliphatic heterocycles. The van der Waals surface area contributed by atoms with Gasteiger partial charge in [-0.15, -0.1) is 0 Å². The summed E-state index contributed by atoms with van der Waals surface area (Å²) in [5.41, 5.74) is 10.6. The lowest BCUT2D eigenvalue weighted by atomic mass is 10.0. The summed E-state index contributed by atoms with van der Waals surface area (Å²) in [6.45, 7) is 0. The number of benzene rings is 7. The van der Waals surface area contributed by atoms with E-state index < -0.39 is 0 Å². The number of anilines is 3. The molecule has 0 saturated carbocycles. The first-order valence-corrected chi connectivity index (χ1v) is 15.5. The molecule has 0 saturated heterocycles. The van der Waals surface area contributed by atoms with E-state index in [-0.39, 0.29) is 0 Å². The van der Waals surface area contributed by atoms with Crippen LogP contribution in [0.1, 0.15) is 0 Å². The van der Waals surface area contributed by atoms with Crippen LogP contribution in [0.5, 0.6) is 0 Å². The number of aromatic nitrogens is 1. The topological polar surface area (TPSA) is 29.3 Å². The van der Waals surface area contributed by atoms with Gasteiger partial charge in [-0.25, -0.2) is 0 Å². The molecular formula is C43H28N2O. The molecule has 0 radical (unpaired) electrons. The fourth-order valence-corrected chi connectivity index (χ4v) is 6.52. The number of furan rings is 1. The van der Waals surface area contributed by atoms with Crippen LogP contribution in [0.15, 0.2) is 174 Å². The predicted molar refractivity (Wildman–Crippen MR) is 192 cm³/mol. The molecule has 2 heterocycles. The Labute approximate surface area is 266 Å². The maximum absolute atomic E-state index is 6.45. The van der Waals surface area contributed by atoms with Crippen molar-refractivity contribution >= 4 is 60.7 Å². The van der Waals surface area contributed by atoms with Gasteiger partial charge in [-0.1, -0.05) is 97.1 Å². The number of hydrogen-bond acceptors (Lipinski definition) is 3. The van der Waals surface area contributed by atoms with Gasteiger partial charge in [-0.05, 0) is 87.6 Å². The molecule has 3 heteroatoms. The zero-order valence-corrected chi connectivity index (χ0v) is 25.0. The van der Waals surface area contributed by atoms with Gasteiger partial charge < -0.3 is 9.32 Å². The summed E-state index contributed by atoms with van der Waals surface area (Å²) in [7, 11) is 0. The molecule has 0 N–H and O–H groups in total. The maximum Gasteiger partial charge on any atom is 0.137 e. The number of nitrogens with zero attached hydrogens (tertiary/aromatic N) is 2. The molecule has 0 fully saturated rings. The highest BCUT2D eigenvalue weighted by Gasteiger charge is 2.17. The Morgan fingerprint density at radius 1 is 0.391 bits per heavy atom. The Hall–Kier alpha value is -6.19. The minimum absolute atomic E-state index is 0.844. The highest BCUT2D eigenvalue weighted by molar-refractivity contribution is 6.10. The minimum atomic E-state index is 0.844. The monoisotopic (exact) mass is 588 g/mol. The largest absolute Gasteiger partial charge is 0.456 e. The van der Waals surface area contributed by atoms with Crippen LogP contribution in [-0.2, 0) is 0 Å². The number of hydrogen-bond donors (Lipinski definition) is 0. The highest BCUT2D eigenvalue weighted by Crippen LogP contribution is 2.40. The molecule has 0 spiro atoms. The average molecular weight is 589 g/mol. The number of fused-ring (bicyclic) bond motifs is 5. The van der Waals surface area contributed by atoms with Gasteiger partial charge in [0.25, 0.3) is 0 Å². The third-order valence-corrected chi connectivity index (χ3v) is 8.88. The summed E-state index contributed by atoms with van der Waals surface area (Å²) in [4.78, 5) is 6.83. The zero-order chi connectivity index (χ0) is 30.5. The molecule has 0 bridgehead atoms. The molecule has 0 amide bonds. The zero-order valence-electron chi connectivity index (χ0n) is 25.0. The first kappa shape index (κ1) is 26.2. The highest BCUT2D eigenvalue weighted by atomic mass is 16.3. The summed E-state index contributed by atoms with van der Waals surface area (Å²) in [5.74, 6) is 0. The van der Waals surface area contributed by atoms with Crippen molar-refractivity contribution in [2.45, 2.75) is 0 Å². The molecule has 216 valence electrons. The normalized spacial score (nSPS) is 11.5. The van der Waals surface area contributed by atoms with Gasteiger partial charge in [0.05, 0.1) is 5.52 Å². The lowest BCUT2D eigenvalue weighted by molar-refractivity contribution is 0.669. The van der Waals surface area contributed by atoms with Crippen LogP contribution < -0.4 is 4.90 Å². The molecule has 0 unspecified atom stereocenters. The summed E-state index contributed by atoms with van der Waals surface area (Å²) < 4.78 is 6.45. The van der Waals surface area contributed by atoms with E-state index >= 15 is 0 Å². The van der Waals surface area contributed by atoms with Crippen LogP contribution in [-0.4, -0.2) is 4.98 Å². The fraction of sp³-hybridized carbons (Fsp3) is 0. The van der Waals surface area contributed by atoms with Crippen LogP contribution >= 0.6 is 0 Å². The van der Waals surface area contributed by atoms with Gasteiger partial charge in [0.15, 0.2) is 0 Å². The smallest absolute Gasteiger partial charge is 0.137 e. The Morgan fingerprint density at radius 3 is 1.78 bits per heavy atom. The van der Waals surface area contributed by atoms with E-state index in [0.717, 1.165) is 49.9 Å². The van der Waals surface area contributed by atoms with Crippen LogP contribution in [0, 0.1) is 0 Å². The Morgan fingerprint density at radius 2 is 1.00 bits per heavy atom.